The molecule has 3 nitrogen and oxygen atoms in total. The Kier molecular flexibility index (Phi) is 3.67. The second-order valence-corrected chi connectivity index (χ2v) is 4.24. The van der Waals surface area contributed by atoms with Gasteiger partial charge in [-0.3, -0.25) is 0 Å². The minimum absolute atomic E-state index is 0.167. The van der Waals surface area contributed by atoms with Crippen molar-refractivity contribution in [3.05, 3.63) is 58.9 Å². The van der Waals surface area contributed by atoms with E-state index in [1.165, 1.54) is 12.1 Å². The first-order valence-corrected chi connectivity index (χ1v) is 5.77. The van der Waals surface area contributed by atoms with E-state index in [0.29, 0.717) is 17.0 Å². The van der Waals surface area contributed by atoms with E-state index in [1.54, 1.807) is 12.1 Å². The van der Waals surface area contributed by atoms with Gasteiger partial charge in [-0.1, -0.05) is 12.1 Å². The first-order valence-electron chi connectivity index (χ1n) is 5.77. The summed E-state index contributed by atoms with van der Waals surface area (Å²) in [6.45, 7) is 2.05. The number of benzene rings is 2. The van der Waals surface area contributed by atoms with Crippen LogP contribution in [0.5, 0.6) is 5.75 Å². The molecule has 19 heavy (non-hydrogen) atoms. The van der Waals surface area contributed by atoms with E-state index in [2.05, 4.69) is 0 Å². The molecule has 0 heterocycles. The van der Waals surface area contributed by atoms with Gasteiger partial charge in [0.25, 0.3) is 0 Å². The van der Waals surface area contributed by atoms with Crippen molar-refractivity contribution in [3.8, 4) is 11.8 Å². The standard InChI is InChI=1S/C15H13FN2O/c1-10-3-2-4-14(15(10)18)19-9-12-5-11(8-17)6-13(16)7-12/h2-7H,9,18H2,1H3. The van der Waals surface area contributed by atoms with Gasteiger partial charge in [-0.15, -0.1) is 0 Å². The molecule has 0 unspecified atom stereocenters. The van der Waals surface area contributed by atoms with Gasteiger partial charge < -0.3 is 10.5 Å². The molecule has 0 aliphatic rings. The average Bonchev–Trinajstić information content (AvgIpc) is 2.40. The highest BCUT2D eigenvalue weighted by Gasteiger charge is 2.05. The summed E-state index contributed by atoms with van der Waals surface area (Å²) in [5, 5.41) is 8.77. The van der Waals surface area contributed by atoms with Crippen molar-refractivity contribution >= 4 is 5.69 Å². The van der Waals surface area contributed by atoms with Crippen molar-refractivity contribution in [1.29, 1.82) is 5.26 Å². The van der Waals surface area contributed by atoms with E-state index in [-0.39, 0.29) is 12.2 Å². The number of anilines is 1. The number of aryl methyl sites for hydroxylation is 1. The SMILES string of the molecule is Cc1cccc(OCc2cc(F)cc(C#N)c2)c1N. The maximum atomic E-state index is 13.3. The molecule has 2 rings (SSSR count). The number of hydrogen-bond donors (Lipinski definition) is 1. The molecular weight excluding hydrogens is 243 g/mol. The fraction of sp³-hybridized carbons (Fsp3) is 0.133. The lowest BCUT2D eigenvalue weighted by Gasteiger charge is -2.10. The summed E-state index contributed by atoms with van der Waals surface area (Å²) in [7, 11) is 0. The summed E-state index contributed by atoms with van der Waals surface area (Å²) in [4.78, 5) is 0. The molecule has 0 aliphatic carbocycles. The van der Waals surface area contributed by atoms with E-state index < -0.39 is 5.82 Å². The van der Waals surface area contributed by atoms with Crippen LogP contribution in [0.2, 0.25) is 0 Å². The fourth-order valence-corrected chi connectivity index (χ4v) is 1.74. The van der Waals surface area contributed by atoms with Gasteiger partial charge in [0.2, 0.25) is 0 Å². The molecule has 0 spiro atoms. The number of hydrogen-bond acceptors (Lipinski definition) is 3. The molecule has 0 bridgehead atoms. The van der Waals surface area contributed by atoms with E-state index in [9.17, 15) is 4.39 Å². The average molecular weight is 256 g/mol. The van der Waals surface area contributed by atoms with Crippen molar-refractivity contribution in [2.24, 2.45) is 0 Å². The molecule has 0 radical (unpaired) electrons. The van der Waals surface area contributed by atoms with Gasteiger partial charge >= 0.3 is 0 Å². The molecule has 2 N–H and O–H groups in total. The van der Waals surface area contributed by atoms with Crippen molar-refractivity contribution in [1.82, 2.24) is 0 Å². The predicted octanol–water partition coefficient (Wildman–Crippen LogP) is 3.17. The van der Waals surface area contributed by atoms with Crippen molar-refractivity contribution in [2.45, 2.75) is 13.5 Å². The van der Waals surface area contributed by atoms with Gasteiger partial charge in [0.15, 0.2) is 0 Å². The Morgan fingerprint density at radius 1 is 1.32 bits per heavy atom. The topological polar surface area (TPSA) is 59.0 Å². The molecule has 0 atom stereocenters. The second-order valence-electron chi connectivity index (χ2n) is 4.24. The first kappa shape index (κ1) is 12.9. The van der Waals surface area contributed by atoms with Crippen LogP contribution in [0.3, 0.4) is 0 Å². The zero-order chi connectivity index (χ0) is 13.8. The molecule has 0 aliphatic heterocycles. The quantitative estimate of drug-likeness (QED) is 0.858. The lowest BCUT2D eigenvalue weighted by atomic mass is 10.1. The van der Waals surface area contributed by atoms with Gasteiger partial charge in [0.05, 0.1) is 17.3 Å². The summed E-state index contributed by atoms with van der Waals surface area (Å²) in [6.07, 6.45) is 0. The van der Waals surface area contributed by atoms with Crippen LogP contribution < -0.4 is 10.5 Å². The highest BCUT2D eigenvalue weighted by Crippen LogP contribution is 2.25. The number of nitrogen functional groups attached to an aromatic ring is 1. The molecular formula is C15H13FN2O. The van der Waals surface area contributed by atoms with Crippen molar-refractivity contribution in [2.75, 3.05) is 5.73 Å². The Balaban J connectivity index is 2.17. The van der Waals surface area contributed by atoms with Crippen LogP contribution >= 0.6 is 0 Å². The summed E-state index contributed by atoms with van der Waals surface area (Å²) in [6, 6.07) is 11.5. The van der Waals surface area contributed by atoms with E-state index in [4.69, 9.17) is 15.7 Å². The third-order valence-corrected chi connectivity index (χ3v) is 2.77. The summed E-state index contributed by atoms with van der Waals surface area (Å²) in [5.74, 6) is 0.109. The predicted molar refractivity (Wildman–Crippen MR) is 71.0 cm³/mol. The molecule has 2 aromatic carbocycles. The highest BCUT2D eigenvalue weighted by atomic mass is 19.1. The normalized spacial score (nSPS) is 9.95. The van der Waals surface area contributed by atoms with Crippen LogP contribution in [0, 0.1) is 24.1 Å². The zero-order valence-corrected chi connectivity index (χ0v) is 10.5. The number of halogens is 1. The maximum Gasteiger partial charge on any atom is 0.142 e. The lowest BCUT2D eigenvalue weighted by Crippen LogP contribution is -2.01. The van der Waals surface area contributed by atoms with Gasteiger partial charge in [-0.25, -0.2) is 4.39 Å². The fourth-order valence-electron chi connectivity index (χ4n) is 1.74. The Labute approximate surface area is 111 Å². The number of nitrogens with two attached hydrogens (primary N) is 1. The summed E-state index contributed by atoms with van der Waals surface area (Å²) < 4.78 is 18.8. The Morgan fingerprint density at radius 3 is 2.84 bits per heavy atom. The Morgan fingerprint density at radius 2 is 2.11 bits per heavy atom. The van der Waals surface area contributed by atoms with Crippen LogP contribution in [0.1, 0.15) is 16.7 Å². The van der Waals surface area contributed by atoms with Crippen LogP contribution in [0.25, 0.3) is 0 Å². The third kappa shape index (κ3) is 3.02. The first-order chi connectivity index (χ1) is 9.10. The van der Waals surface area contributed by atoms with Crippen LogP contribution in [-0.2, 0) is 6.61 Å². The zero-order valence-electron chi connectivity index (χ0n) is 10.5. The monoisotopic (exact) mass is 256 g/mol. The molecule has 2 aromatic rings. The summed E-state index contributed by atoms with van der Waals surface area (Å²) in [5.41, 5.74) is 8.24. The van der Waals surface area contributed by atoms with Crippen molar-refractivity contribution < 1.29 is 9.13 Å². The molecule has 0 saturated carbocycles. The molecule has 0 amide bonds. The van der Waals surface area contributed by atoms with Crippen LogP contribution in [0.4, 0.5) is 10.1 Å². The lowest BCUT2D eigenvalue weighted by molar-refractivity contribution is 0.307. The summed E-state index contributed by atoms with van der Waals surface area (Å²) >= 11 is 0. The van der Waals surface area contributed by atoms with E-state index in [0.717, 1.165) is 5.56 Å². The highest BCUT2D eigenvalue weighted by molar-refractivity contribution is 5.57. The minimum Gasteiger partial charge on any atom is -0.487 e. The number of para-hydroxylation sites is 1. The van der Waals surface area contributed by atoms with Gasteiger partial charge in [0, 0.05) is 0 Å². The maximum absolute atomic E-state index is 13.3. The van der Waals surface area contributed by atoms with Gasteiger partial charge in [-0.2, -0.15) is 5.26 Å². The van der Waals surface area contributed by atoms with Crippen LogP contribution in [0.15, 0.2) is 36.4 Å². The molecule has 96 valence electrons. The second kappa shape index (κ2) is 5.40. The number of nitriles is 1. The molecule has 0 saturated heterocycles. The van der Waals surface area contributed by atoms with Gasteiger partial charge in [0.1, 0.15) is 18.2 Å². The number of rotatable bonds is 3. The van der Waals surface area contributed by atoms with E-state index in [1.807, 2.05) is 25.1 Å². The van der Waals surface area contributed by atoms with E-state index >= 15 is 0 Å². The third-order valence-electron chi connectivity index (χ3n) is 2.77. The minimum atomic E-state index is -0.449. The number of nitrogens with zero attached hydrogens (tertiary/aromatic N) is 1. The van der Waals surface area contributed by atoms with Crippen molar-refractivity contribution in [3.63, 3.8) is 0 Å². The Bertz CT molecular complexity index is 647. The molecule has 0 fully saturated rings. The smallest absolute Gasteiger partial charge is 0.142 e. The van der Waals surface area contributed by atoms with Crippen LogP contribution in [-0.4, -0.2) is 0 Å². The van der Waals surface area contributed by atoms with Gasteiger partial charge in [-0.05, 0) is 42.3 Å². The largest absolute Gasteiger partial charge is 0.487 e. The Hall–Kier alpha value is -2.54. The molecule has 0 aromatic heterocycles. The number of ether oxygens (including phenoxy) is 1. The molecule has 4 heteroatoms.